The van der Waals surface area contributed by atoms with Gasteiger partial charge in [-0.3, -0.25) is 9.69 Å². The van der Waals surface area contributed by atoms with Crippen molar-refractivity contribution in [1.29, 1.82) is 5.26 Å². The van der Waals surface area contributed by atoms with Gasteiger partial charge in [0.15, 0.2) is 6.07 Å². The van der Waals surface area contributed by atoms with Gasteiger partial charge in [-0.25, -0.2) is 4.98 Å². The van der Waals surface area contributed by atoms with E-state index in [1.807, 2.05) is 0 Å². The quantitative estimate of drug-likeness (QED) is 0.909. The zero-order valence-corrected chi connectivity index (χ0v) is 14.5. The molecule has 5 rings (SSSR count). The van der Waals surface area contributed by atoms with Crippen molar-refractivity contribution in [3.05, 3.63) is 41.9 Å². The molecule has 0 radical (unpaired) electrons. The summed E-state index contributed by atoms with van der Waals surface area (Å²) in [5, 5.41) is 11.9. The summed E-state index contributed by atoms with van der Waals surface area (Å²) in [6.07, 6.45) is 3.65. The number of oxazole rings is 1. The molecule has 2 aromatic rings. The summed E-state index contributed by atoms with van der Waals surface area (Å²) < 4.78 is 10.6. The molecule has 2 atom stereocenters. The van der Waals surface area contributed by atoms with Gasteiger partial charge < -0.3 is 14.5 Å². The first-order valence-corrected chi connectivity index (χ1v) is 8.83. The number of hydrogen-bond donors (Lipinski definition) is 1. The first kappa shape index (κ1) is 16.6. The molecule has 3 fully saturated rings. The van der Waals surface area contributed by atoms with E-state index in [1.54, 1.807) is 30.3 Å². The maximum atomic E-state index is 12.6. The molecule has 7 heteroatoms. The predicted octanol–water partition coefficient (Wildman–Crippen LogP) is 2.55. The highest BCUT2D eigenvalue weighted by atomic mass is 16.6. The molecule has 134 valence electrons. The van der Waals surface area contributed by atoms with Crippen LogP contribution in [0.1, 0.15) is 36.0 Å². The van der Waals surface area contributed by atoms with E-state index in [0.29, 0.717) is 23.3 Å². The normalized spacial score (nSPS) is 26.9. The first-order valence-electron chi connectivity index (χ1n) is 8.83. The molecule has 0 unspecified atom stereocenters. The minimum Gasteiger partial charge on any atom is -0.425 e. The molecule has 3 aliphatic rings. The Labute approximate surface area is 151 Å². The van der Waals surface area contributed by atoms with E-state index in [-0.39, 0.29) is 23.8 Å². The minimum absolute atomic E-state index is 0.0531. The predicted molar refractivity (Wildman–Crippen MR) is 92.7 cm³/mol. The summed E-state index contributed by atoms with van der Waals surface area (Å²) in [5.41, 5.74) is 0.594. The molecule has 4 heterocycles. The van der Waals surface area contributed by atoms with Crippen LogP contribution in [-0.2, 0) is 0 Å². The molecule has 3 saturated heterocycles. The summed E-state index contributed by atoms with van der Waals surface area (Å²) >= 11 is 0. The van der Waals surface area contributed by atoms with Crippen molar-refractivity contribution < 1.29 is 13.9 Å². The zero-order valence-electron chi connectivity index (χ0n) is 14.5. The number of carbonyl (C=O) groups is 1. The molecule has 1 aromatic carbocycles. The van der Waals surface area contributed by atoms with Crippen molar-refractivity contribution in [3.8, 4) is 17.8 Å². The van der Waals surface area contributed by atoms with Gasteiger partial charge in [-0.15, -0.1) is 0 Å². The minimum atomic E-state index is -0.0615. The Morgan fingerprint density at radius 2 is 2.08 bits per heavy atom. The number of aromatic nitrogens is 1. The van der Waals surface area contributed by atoms with Gasteiger partial charge in [0.05, 0.1) is 0 Å². The fourth-order valence-electron chi connectivity index (χ4n) is 3.93. The lowest BCUT2D eigenvalue weighted by molar-refractivity contribution is 0.0217. The van der Waals surface area contributed by atoms with E-state index in [0.717, 1.165) is 25.9 Å². The topological polar surface area (TPSA) is 91.4 Å². The molecule has 1 aromatic heterocycles. The van der Waals surface area contributed by atoms with E-state index < -0.39 is 0 Å². The van der Waals surface area contributed by atoms with Gasteiger partial charge in [0, 0.05) is 17.6 Å². The lowest BCUT2D eigenvalue weighted by Gasteiger charge is -2.49. The van der Waals surface area contributed by atoms with Crippen molar-refractivity contribution >= 4 is 5.91 Å². The van der Waals surface area contributed by atoms with Crippen LogP contribution < -0.4 is 10.1 Å². The Balaban J connectivity index is 1.40. The van der Waals surface area contributed by atoms with E-state index in [2.05, 4.69) is 22.1 Å². The summed E-state index contributed by atoms with van der Waals surface area (Å²) in [6.45, 7) is 4.47. The second kappa shape index (κ2) is 6.81. The summed E-state index contributed by atoms with van der Waals surface area (Å²) in [7, 11) is 0. The molecule has 1 amide bonds. The third kappa shape index (κ3) is 3.16. The molecule has 3 aliphatic heterocycles. The highest BCUT2D eigenvalue weighted by molar-refractivity contribution is 5.94. The Kier molecular flexibility index (Phi) is 4.35. The summed E-state index contributed by atoms with van der Waals surface area (Å²) in [6, 6.07) is 9.23. The number of hydrogen-bond acceptors (Lipinski definition) is 6. The lowest BCUT2D eigenvalue weighted by Crippen LogP contribution is -2.62. The average molecular weight is 352 g/mol. The smallest absolute Gasteiger partial charge is 0.311 e. The fourth-order valence-corrected chi connectivity index (χ4v) is 3.93. The largest absolute Gasteiger partial charge is 0.425 e. The third-order valence-electron chi connectivity index (χ3n) is 5.39. The Bertz CT molecular complexity index is 829. The van der Waals surface area contributed by atoms with Gasteiger partial charge in [-0.05, 0) is 63.0 Å². The molecule has 2 bridgehead atoms. The molecule has 26 heavy (non-hydrogen) atoms. The summed E-state index contributed by atoms with van der Waals surface area (Å²) in [4.78, 5) is 18.8. The van der Waals surface area contributed by atoms with E-state index in [9.17, 15) is 4.79 Å². The van der Waals surface area contributed by atoms with Crippen LogP contribution in [0.25, 0.3) is 0 Å². The molecule has 0 saturated carbocycles. The average Bonchev–Trinajstić information content (AvgIpc) is 3.13. The second-order valence-electron chi connectivity index (χ2n) is 6.84. The zero-order chi connectivity index (χ0) is 18.1. The monoisotopic (exact) mass is 352 g/mol. The maximum Gasteiger partial charge on any atom is 0.311 e. The SMILES string of the molecule is C[C@H]1[C@H](NC(=O)c2ccc(Oc3cnc(C#N)o3)cc2)C2CCN1CC2. The van der Waals surface area contributed by atoms with E-state index >= 15 is 0 Å². The fraction of sp³-hybridized carbons (Fsp3) is 0.421. The molecule has 7 nitrogen and oxygen atoms in total. The number of benzene rings is 1. The molecule has 0 spiro atoms. The number of carbonyl (C=O) groups excluding carboxylic acids is 1. The number of rotatable bonds is 4. The van der Waals surface area contributed by atoms with Gasteiger partial charge in [-0.2, -0.15) is 5.26 Å². The molecular weight excluding hydrogens is 332 g/mol. The van der Waals surface area contributed by atoms with Gasteiger partial charge in [-0.1, -0.05) is 0 Å². The van der Waals surface area contributed by atoms with Crippen molar-refractivity contribution in [2.75, 3.05) is 13.1 Å². The maximum absolute atomic E-state index is 12.6. The highest BCUT2D eigenvalue weighted by Crippen LogP contribution is 2.32. The number of nitrogens with zero attached hydrogens (tertiary/aromatic N) is 3. The van der Waals surface area contributed by atoms with Crippen LogP contribution in [0, 0.1) is 17.2 Å². The lowest BCUT2D eigenvalue weighted by atomic mass is 9.79. The standard InChI is InChI=1S/C19H20N4O3/c1-12-18(13-6-8-23(12)9-7-13)22-19(24)14-2-4-15(5-3-14)25-17-11-21-16(10-20)26-17/h2-5,11-13,18H,6-9H2,1H3,(H,22,24)/t12-,18-/m0/s1. The van der Waals surface area contributed by atoms with E-state index in [4.69, 9.17) is 14.4 Å². The van der Waals surface area contributed by atoms with Gasteiger partial charge in [0.2, 0.25) is 0 Å². The Morgan fingerprint density at radius 3 is 2.69 bits per heavy atom. The van der Waals surface area contributed by atoms with Crippen LogP contribution in [0.3, 0.4) is 0 Å². The van der Waals surface area contributed by atoms with Crippen molar-refractivity contribution in [2.45, 2.75) is 31.8 Å². The molecule has 0 aliphatic carbocycles. The molecular formula is C19H20N4O3. The number of nitriles is 1. The number of ether oxygens (including phenoxy) is 1. The third-order valence-corrected chi connectivity index (χ3v) is 5.39. The van der Waals surface area contributed by atoms with Crippen LogP contribution in [0.5, 0.6) is 11.7 Å². The van der Waals surface area contributed by atoms with Crippen LogP contribution in [-0.4, -0.2) is 41.0 Å². The van der Waals surface area contributed by atoms with Crippen LogP contribution in [0.15, 0.2) is 34.9 Å². The summed E-state index contributed by atoms with van der Waals surface area (Å²) in [5.74, 6) is 1.11. The van der Waals surface area contributed by atoms with Gasteiger partial charge in [0.1, 0.15) is 11.9 Å². The number of piperidine rings is 3. The first-order chi connectivity index (χ1) is 12.6. The molecule has 1 N–H and O–H groups in total. The number of amides is 1. The number of fused-ring (bicyclic) bond motifs is 3. The Hall–Kier alpha value is -2.85. The van der Waals surface area contributed by atoms with Crippen LogP contribution in [0.4, 0.5) is 0 Å². The van der Waals surface area contributed by atoms with Crippen LogP contribution >= 0.6 is 0 Å². The van der Waals surface area contributed by atoms with E-state index in [1.165, 1.54) is 6.20 Å². The van der Waals surface area contributed by atoms with Crippen molar-refractivity contribution in [2.24, 2.45) is 5.92 Å². The highest BCUT2D eigenvalue weighted by Gasteiger charge is 2.40. The van der Waals surface area contributed by atoms with Gasteiger partial charge >= 0.3 is 11.8 Å². The number of nitrogens with one attached hydrogen (secondary N) is 1. The van der Waals surface area contributed by atoms with Gasteiger partial charge in [0.25, 0.3) is 5.91 Å². The van der Waals surface area contributed by atoms with Crippen LogP contribution in [0.2, 0.25) is 0 Å². The van der Waals surface area contributed by atoms with Crippen molar-refractivity contribution in [1.82, 2.24) is 15.2 Å². The Morgan fingerprint density at radius 1 is 1.35 bits per heavy atom. The van der Waals surface area contributed by atoms with Crippen molar-refractivity contribution in [3.63, 3.8) is 0 Å². The second-order valence-corrected chi connectivity index (χ2v) is 6.84.